The maximum Gasteiger partial charge on any atom is 0.328 e. The van der Waals surface area contributed by atoms with Crippen molar-refractivity contribution in [3.8, 4) is 0 Å². The highest BCUT2D eigenvalue weighted by Gasteiger charge is 2.30. The molecule has 3 amide bonds. The highest BCUT2D eigenvalue weighted by atomic mass is 35.5. The fourth-order valence-electron chi connectivity index (χ4n) is 1.31. The van der Waals surface area contributed by atoms with Gasteiger partial charge in [0, 0.05) is 18.0 Å². The van der Waals surface area contributed by atoms with Crippen molar-refractivity contribution in [3.05, 3.63) is 28.2 Å². The number of carbonyl (C=O) groups is 2. The minimum atomic E-state index is -0.472. The first kappa shape index (κ1) is 11.2. The van der Waals surface area contributed by atoms with Crippen LogP contribution in [-0.2, 0) is 4.79 Å². The van der Waals surface area contributed by atoms with E-state index >= 15 is 0 Å². The summed E-state index contributed by atoms with van der Waals surface area (Å²) < 4.78 is 0. The number of benzene rings is 1. The number of nitrogens with one attached hydrogen (secondary N) is 1. The molecule has 0 unspecified atom stereocenters. The lowest BCUT2D eigenvalue weighted by Crippen LogP contribution is -2.49. The van der Waals surface area contributed by atoms with Gasteiger partial charge in [-0.3, -0.25) is 9.69 Å². The molecule has 1 aromatic rings. The number of halogens is 2. The third-order valence-electron chi connectivity index (χ3n) is 2.27. The lowest BCUT2D eigenvalue weighted by atomic mass is 10.2. The number of nitrogens with zero attached hydrogens (tertiary/aromatic N) is 1. The van der Waals surface area contributed by atoms with Crippen LogP contribution in [0.25, 0.3) is 0 Å². The third kappa shape index (κ3) is 2.13. The molecule has 1 fully saturated rings. The summed E-state index contributed by atoms with van der Waals surface area (Å²) in [7, 11) is 0. The first-order valence-electron chi connectivity index (χ1n) is 4.64. The second-order valence-corrected chi connectivity index (χ2v) is 4.19. The van der Waals surface area contributed by atoms with E-state index in [-0.39, 0.29) is 5.91 Å². The van der Waals surface area contributed by atoms with Gasteiger partial charge in [-0.1, -0.05) is 23.2 Å². The van der Waals surface area contributed by atoms with Gasteiger partial charge in [0.2, 0.25) is 5.91 Å². The zero-order valence-corrected chi connectivity index (χ0v) is 9.68. The molecule has 16 heavy (non-hydrogen) atoms. The Morgan fingerprint density at radius 1 is 1.38 bits per heavy atom. The Labute approximate surface area is 102 Å². The Morgan fingerprint density at radius 2 is 2.12 bits per heavy atom. The molecule has 4 nitrogen and oxygen atoms in total. The fraction of sp³-hybridized carbons (Fsp3) is 0.200. The van der Waals surface area contributed by atoms with E-state index in [2.05, 4.69) is 5.32 Å². The number of carbonyl (C=O) groups excluding carboxylic acids is 2. The largest absolute Gasteiger partial charge is 0.328 e. The Kier molecular flexibility index (Phi) is 3.03. The van der Waals surface area contributed by atoms with Crippen molar-refractivity contribution in [1.29, 1.82) is 0 Å². The molecule has 0 spiro atoms. The van der Waals surface area contributed by atoms with E-state index in [0.717, 1.165) is 4.90 Å². The molecule has 0 radical (unpaired) electrons. The number of imide groups is 1. The first-order chi connectivity index (χ1) is 7.58. The summed E-state index contributed by atoms with van der Waals surface area (Å²) in [6.45, 7) is 0.447. The second-order valence-electron chi connectivity index (χ2n) is 3.35. The highest BCUT2D eigenvalue weighted by Crippen LogP contribution is 2.26. The van der Waals surface area contributed by atoms with Crippen LogP contribution in [-0.4, -0.2) is 23.4 Å². The Balaban J connectivity index is 2.11. The molecule has 0 bridgehead atoms. The van der Waals surface area contributed by atoms with Crippen LogP contribution in [0.3, 0.4) is 0 Å². The molecule has 0 aromatic heterocycles. The molecule has 84 valence electrons. The predicted octanol–water partition coefficient (Wildman–Crippen LogP) is 2.76. The van der Waals surface area contributed by atoms with Crippen LogP contribution >= 0.6 is 23.2 Å². The topological polar surface area (TPSA) is 49.4 Å². The van der Waals surface area contributed by atoms with Gasteiger partial charge in [-0.15, -0.1) is 0 Å². The summed E-state index contributed by atoms with van der Waals surface area (Å²) in [6.07, 6.45) is 0.413. The molecule has 6 heteroatoms. The van der Waals surface area contributed by atoms with Crippen molar-refractivity contribution < 1.29 is 9.59 Å². The molecule has 1 aliphatic heterocycles. The molecule has 1 heterocycles. The van der Waals surface area contributed by atoms with Crippen LogP contribution in [0.2, 0.25) is 10.0 Å². The number of anilines is 1. The summed E-state index contributed by atoms with van der Waals surface area (Å²) >= 11 is 11.6. The van der Waals surface area contributed by atoms with E-state index in [1.807, 2.05) is 0 Å². The molecular weight excluding hydrogens is 251 g/mol. The maximum absolute atomic E-state index is 11.6. The van der Waals surface area contributed by atoms with Crippen LogP contribution in [0.1, 0.15) is 6.42 Å². The van der Waals surface area contributed by atoms with Crippen LogP contribution in [0.4, 0.5) is 10.5 Å². The van der Waals surface area contributed by atoms with Gasteiger partial charge in [-0.25, -0.2) is 4.79 Å². The van der Waals surface area contributed by atoms with Gasteiger partial charge in [-0.05, 0) is 18.2 Å². The Bertz CT molecular complexity index is 462. The van der Waals surface area contributed by atoms with Gasteiger partial charge in [0.25, 0.3) is 0 Å². The van der Waals surface area contributed by atoms with Crippen molar-refractivity contribution in [2.24, 2.45) is 0 Å². The van der Waals surface area contributed by atoms with Crippen LogP contribution < -0.4 is 5.32 Å². The number of rotatable bonds is 1. The molecule has 2 rings (SSSR count). The molecule has 1 aliphatic rings. The molecule has 1 aromatic carbocycles. The van der Waals surface area contributed by atoms with Gasteiger partial charge < -0.3 is 5.32 Å². The summed E-state index contributed by atoms with van der Waals surface area (Å²) in [5.41, 5.74) is 0.402. The lowest BCUT2D eigenvalue weighted by Gasteiger charge is -2.28. The second kappa shape index (κ2) is 4.31. The minimum absolute atomic E-state index is 0.185. The van der Waals surface area contributed by atoms with Gasteiger partial charge in [-0.2, -0.15) is 0 Å². The number of hydrogen-bond acceptors (Lipinski definition) is 2. The van der Waals surface area contributed by atoms with Gasteiger partial charge in [0.1, 0.15) is 0 Å². The van der Waals surface area contributed by atoms with E-state index in [4.69, 9.17) is 23.2 Å². The monoisotopic (exact) mass is 258 g/mol. The van der Waals surface area contributed by atoms with E-state index in [1.165, 1.54) is 6.07 Å². The average Bonchev–Trinajstić information content (AvgIpc) is 2.21. The SMILES string of the molecule is O=C1CCN1C(=O)Nc1cc(Cl)ccc1Cl. The van der Waals surface area contributed by atoms with Crippen molar-refractivity contribution in [2.75, 3.05) is 11.9 Å². The zero-order chi connectivity index (χ0) is 11.7. The van der Waals surface area contributed by atoms with Crippen molar-refractivity contribution in [1.82, 2.24) is 4.90 Å². The van der Waals surface area contributed by atoms with Crippen molar-refractivity contribution in [2.45, 2.75) is 6.42 Å². The van der Waals surface area contributed by atoms with Crippen LogP contribution in [0, 0.1) is 0 Å². The normalized spacial score (nSPS) is 14.6. The molecule has 0 atom stereocenters. The summed E-state index contributed by atoms with van der Waals surface area (Å²) in [4.78, 5) is 23.7. The van der Waals surface area contributed by atoms with E-state index < -0.39 is 6.03 Å². The van der Waals surface area contributed by atoms with E-state index in [9.17, 15) is 9.59 Å². The average molecular weight is 259 g/mol. The van der Waals surface area contributed by atoms with E-state index in [0.29, 0.717) is 28.7 Å². The molecular formula is C10H8Cl2N2O2. The van der Waals surface area contributed by atoms with Crippen molar-refractivity contribution in [3.63, 3.8) is 0 Å². The zero-order valence-electron chi connectivity index (χ0n) is 8.17. The lowest BCUT2D eigenvalue weighted by molar-refractivity contribution is -0.135. The van der Waals surface area contributed by atoms with Crippen LogP contribution in [0.15, 0.2) is 18.2 Å². The summed E-state index contributed by atoms with van der Waals surface area (Å²) in [5, 5.41) is 3.38. The molecule has 1 saturated heterocycles. The highest BCUT2D eigenvalue weighted by molar-refractivity contribution is 6.35. The number of urea groups is 1. The van der Waals surface area contributed by atoms with Crippen molar-refractivity contribution >= 4 is 40.8 Å². The third-order valence-corrected chi connectivity index (χ3v) is 2.83. The number of amides is 3. The van der Waals surface area contributed by atoms with E-state index in [1.54, 1.807) is 12.1 Å². The predicted molar refractivity (Wildman–Crippen MR) is 61.8 cm³/mol. The van der Waals surface area contributed by atoms with Gasteiger partial charge in [0.15, 0.2) is 0 Å². The standard InChI is InChI=1S/C10H8Cl2N2O2/c11-6-1-2-7(12)8(5-6)13-10(16)14-4-3-9(14)15/h1-2,5H,3-4H2,(H,13,16). The van der Waals surface area contributed by atoms with Gasteiger partial charge >= 0.3 is 6.03 Å². The number of hydrogen-bond donors (Lipinski definition) is 1. The summed E-state index contributed by atoms with van der Waals surface area (Å²) in [6, 6.07) is 4.26. The smallest absolute Gasteiger partial charge is 0.306 e. The Hall–Kier alpha value is -1.26. The molecule has 1 N–H and O–H groups in total. The summed E-state index contributed by atoms with van der Waals surface area (Å²) in [5.74, 6) is -0.185. The molecule has 0 saturated carbocycles. The minimum Gasteiger partial charge on any atom is -0.306 e. The quantitative estimate of drug-likeness (QED) is 0.788. The van der Waals surface area contributed by atoms with Gasteiger partial charge in [0.05, 0.1) is 10.7 Å². The fourth-order valence-corrected chi connectivity index (χ4v) is 1.64. The Morgan fingerprint density at radius 3 is 2.69 bits per heavy atom. The molecule has 0 aliphatic carbocycles. The first-order valence-corrected chi connectivity index (χ1v) is 5.40. The number of likely N-dealkylation sites (tertiary alicyclic amines) is 1. The number of β-lactam (4-membered cyclic amide) rings is 1. The maximum atomic E-state index is 11.6. The van der Waals surface area contributed by atoms with Crippen LogP contribution in [0.5, 0.6) is 0 Å².